The van der Waals surface area contributed by atoms with Crippen LogP contribution in [0.25, 0.3) is 0 Å². The van der Waals surface area contributed by atoms with Crippen LogP contribution in [0.1, 0.15) is 144 Å². The number of hydrogen-bond donors (Lipinski definition) is 6. The molecule has 9 N–H and O–H groups in total. The van der Waals surface area contributed by atoms with Gasteiger partial charge in [-0.2, -0.15) is 15.0 Å². The summed E-state index contributed by atoms with van der Waals surface area (Å²) in [7, 11) is 0. The van der Waals surface area contributed by atoms with Gasteiger partial charge in [0, 0.05) is 80.9 Å². The van der Waals surface area contributed by atoms with Crippen LogP contribution in [-0.4, -0.2) is 124 Å². The first-order valence-electron chi connectivity index (χ1n) is 27.9. The Morgan fingerprint density at radius 1 is 0.566 bits per heavy atom. The van der Waals surface area contributed by atoms with Crippen LogP contribution in [0, 0.1) is 0 Å². The molecule has 0 bridgehead atoms. The number of nitrogens with two attached hydrogens (primary N) is 3. The van der Waals surface area contributed by atoms with Gasteiger partial charge in [-0.15, -0.1) is 12.4 Å². The molecule has 15 nitrogen and oxygen atoms in total. The van der Waals surface area contributed by atoms with Crippen LogP contribution in [0.4, 0.5) is 40.6 Å². The summed E-state index contributed by atoms with van der Waals surface area (Å²) in [6.07, 6.45) is 20.6. The minimum atomic E-state index is 0. The lowest BCUT2D eigenvalue weighted by atomic mass is 10.1. The fraction of sp³-hybridized carbons (Fsp3) is 0.655. The normalized spacial score (nSPS) is 18.1. The van der Waals surface area contributed by atoms with Gasteiger partial charge >= 0.3 is 0 Å². The number of likely N-dealkylation sites (tertiary alicyclic amines) is 2. The summed E-state index contributed by atoms with van der Waals surface area (Å²) in [4.78, 5) is 30.8. The van der Waals surface area contributed by atoms with Gasteiger partial charge in [0.05, 0.1) is 21.4 Å². The van der Waals surface area contributed by atoms with E-state index in [-0.39, 0.29) is 28.0 Å². The molecule has 4 heterocycles. The van der Waals surface area contributed by atoms with Gasteiger partial charge in [-0.05, 0) is 153 Å². The van der Waals surface area contributed by atoms with Gasteiger partial charge in [0.2, 0.25) is 23.1 Å². The quantitative estimate of drug-likeness (QED) is 0.0269. The molecule has 2 unspecified atom stereocenters. The first-order chi connectivity index (χ1) is 36.2. The Hall–Kier alpha value is -3.09. The van der Waals surface area contributed by atoms with E-state index >= 15 is 0 Å². The van der Waals surface area contributed by atoms with E-state index in [2.05, 4.69) is 93.1 Å². The molecule has 2 aliphatic carbocycles. The van der Waals surface area contributed by atoms with Crippen LogP contribution in [-0.2, 0) is 0 Å². The number of nitrogens with one attached hydrogen (secondary N) is 3. The second kappa shape index (κ2) is 37.7. The summed E-state index contributed by atoms with van der Waals surface area (Å²) in [5, 5.41) is 12.5. The average molecular weight is 1180 g/mol. The summed E-state index contributed by atoms with van der Waals surface area (Å²) in [5.74, 6) is 1.76. The second-order valence-electron chi connectivity index (χ2n) is 19.5. The zero-order valence-corrected chi connectivity index (χ0v) is 50.9. The maximum atomic E-state index is 6.64. The number of hydrogen-bond acceptors (Lipinski definition) is 15. The number of likely N-dealkylation sites (N-methyl/N-ethyl adjacent to an activating group) is 2. The molecule has 4 aromatic rings. The SMILES string of the molecule is CCN(CC)c1ccc(N)cc1Cl.CCN(CC)c1ccc(Nc2nc(NCC3CCCN3CC)nc(NC3CCCCCC3)n2)cc1Cl.CCN1CCCC1CN.Cl.Clc1cc(Cl)nc(Cl)n1.NC1CCCCCC1. The maximum absolute atomic E-state index is 6.64. The van der Waals surface area contributed by atoms with Crippen LogP contribution in [0.15, 0.2) is 42.5 Å². The first kappa shape index (κ1) is 67.2. The van der Waals surface area contributed by atoms with Gasteiger partial charge in [0.25, 0.3) is 0 Å². The van der Waals surface area contributed by atoms with Crippen molar-refractivity contribution in [2.45, 2.75) is 168 Å². The van der Waals surface area contributed by atoms with Crippen LogP contribution < -0.4 is 43.0 Å². The number of nitrogens with zero attached hydrogens (tertiary/aromatic N) is 9. The van der Waals surface area contributed by atoms with Gasteiger partial charge in [0.1, 0.15) is 10.3 Å². The third-order valence-electron chi connectivity index (χ3n) is 14.3. The minimum absolute atomic E-state index is 0. The van der Waals surface area contributed by atoms with Crippen LogP contribution in [0.3, 0.4) is 0 Å². The summed E-state index contributed by atoms with van der Waals surface area (Å²) >= 11 is 28.9. The Kier molecular flexibility index (Phi) is 33.3. The Morgan fingerprint density at radius 2 is 1.05 bits per heavy atom. The average Bonchev–Trinajstić information content (AvgIpc) is 3.90. The lowest BCUT2D eigenvalue weighted by Gasteiger charge is -2.23. The third-order valence-corrected chi connectivity index (χ3v) is 15.5. The van der Waals surface area contributed by atoms with Gasteiger partial charge in [0.15, 0.2) is 0 Å². The Morgan fingerprint density at radius 3 is 1.54 bits per heavy atom. The number of nitrogen functional groups attached to an aromatic ring is 1. The van der Waals surface area contributed by atoms with Crippen molar-refractivity contribution < 1.29 is 0 Å². The highest BCUT2D eigenvalue weighted by molar-refractivity contribution is 6.35. The molecule has 2 aromatic carbocycles. The molecule has 0 radical (unpaired) electrons. The van der Waals surface area contributed by atoms with Crippen molar-refractivity contribution in [3.63, 3.8) is 0 Å². The van der Waals surface area contributed by atoms with E-state index in [0.717, 1.165) is 80.7 Å². The van der Waals surface area contributed by atoms with E-state index in [1.54, 1.807) is 6.07 Å². The van der Waals surface area contributed by atoms with Crippen molar-refractivity contribution in [1.82, 2.24) is 34.7 Å². The summed E-state index contributed by atoms with van der Waals surface area (Å²) in [5.41, 5.74) is 20.6. The zero-order chi connectivity index (χ0) is 54.5. The number of rotatable bonds is 16. The van der Waals surface area contributed by atoms with E-state index in [4.69, 9.17) is 90.2 Å². The Bertz CT molecular complexity index is 2130. The molecule has 428 valence electrons. The van der Waals surface area contributed by atoms with Crippen molar-refractivity contribution in [3.8, 4) is 0 Å². The molecule has 2 saturated carbocycles. The Balaban J connectivity index is 0.000000306. The molecule has 0 amide bonds. The molecule has 8 rings (SSSR count). The van der Waals surface area contributed by atoms with Crippen molar-refractivity contribution in [2.24, 2.45) is 11.5 Å². The standard InChI is InChI=1S/C27H43ClN8.C10H15ClN2.C7H16N2.C7H15N.C4HCl3N2.ClH/c1-4-35(5-2)24-16-15-21(18-23(24)28)31-27-33-25(29-19-22-14-11-17-36(22)6-3)32-26(34-27)30-20-12-9-7-8-10-13-20;1-3-13(4-2)10-6-5-8(12)7-9(10)11;1-2-9-5-3-4-7(9)6-8;8-7-5-3-1-2-4-6-7;5-2-1-3(6)9-4(7)8-2;/h15-16,18,20,22H,4-14,17,19H2,1-3H3,(H3,29,30,31,32,33,34);5-7H,3-4,12H2,1-2H3;7H,2-6,8H2,1H3;7H,1-6,8H2;1H;1H. The van der Waals surface area contributed by atoms with E-state index in [1.807, 2.05) is 24.3 Å². The van der Waals surface area contributed by atoms with Crippen molar-refractivity contribution in [1.29, 1.82) is 0 Å². The molecule has 76 heavy (non-hydrogen) atoms. The highest BCUT2D eigenvalue weighted by Crippen LogP contribution is 2.31. The molecule has 2 saturated heterocycles. The first-order valence-corrected chi connectivity index (χ1v) is 29.8. The van der Waals surface area contributed by atoms with Crippen LogP contribution >= 0.6 is 70.4 Å². The largest absolute Gasteiger partial charge is 0.399 e. The van der Waals surface area contributed by atoms with E-state index in [9.17, 15) is 0 Å². The van der Waals surface area contributed by atoms with Crippen LogP contribution in [0.2, 0.25) is 25.6 Å². The summed E-state index contributed by atoms with van der Waals surface area (Å²) < 4.78 is 0. The van der Waals surface area contributed by atoms with Gasteiger partial charge in [-0.25, -0.2) is 9.97 Å². The monoisotopic (exact) mass is 1170 g/mol. The zero-order valence-electron chi connectivity index (χ0n) is 46.3. The lowest BCUT2D eigenvalue weighted by molar-refractivity contribution is 0.272. The fourth-order valence-electron chi connectivity index (χ4n) is 10.1. The maximum Gasteiger partial charge on any atom is 0.233 e. The predicted octanol–water partition coefficient (Wildman–Crippen LogP) is 13.9. The molecule has 2 aromatic heterocycles. The molecular formula is C55H91Cl6N15. The van der Waals surface area contributed by atoms with E-state index in [0.29, 0.717) is 52.7 Å². The van der Waals surface area contributed by atoms with Crippen LogP contribution in [0.5, 0.6) is 0 Å². The fourth-order valence-corrected chi connectivity index (χ4v) is 11.4. The highest BCUT2D eigenvalue weighted by Gasteiger charge is 2.24. The molecule has 2 atom stereocenters. The Labute approximate surface area is 487 Å². The van der Waals surface area contributed by atoms with Gasteiger partial charge in [-0.1, -0.05) is 112 Å². The van der Waals surface area contributed by atoms with Gasteiger partial charge < -0.3 is 43.0 Å². The number of aromatic nitrogens is 5. The molecule has 4 fully saturated rings. The van der Waals surface area contributed by atoms with Crippen molar-refractivity contribution >= 4 is 111 Å². The molecule has 2 aliphatic heterocycles. The van der Waals surface area contributed by atoms with Crippen molar-refractivity contribution in [2.75, 3.05) is 96.9 Å². The number of halogens is 6. The highest BCUT2D eigenvalue weighted by atomic mass is 35.5. The van der Waals surface area contributed by atoms with E-state index < -0.39 is 0 Å². The molecular weight excluding hydrogens is 1080 g/mol. The lowest BCUT2D eigenvalue weighted by Crippen LogP contribution is -2.35. The van der Waals surface area contributed by atoms with Gasteiger partial charge in [-0.3, -0.25) is 9.80 Å². The predicted molar refractivity (Wildman–Crippen MR) is 331 cm³/mol. The smallest absolute Gasteiger partial charge is 0.233 e. The molecule has 0 spiro atoms. The second-order valence-corrected chi connectivity index (χ2v) is 21.4. The molecule has 4 aliphatic rings. The minimum Gasteiger partial charge on any atom is -0.399 e. The van der Waals surface area contributed by atoms with E-state index in [1.165, 1.54) is 116 Å². The summed E-state index contributed by atoms with van der Waals surface area (Å²) in [6, 6.07) is 15.2. The van der Waals surface area contributed by atoms with Crippen molar-refractivity contribution in [3.05, 3.63) is 68.1 Å². The number of benzene rings is 2. The third kappa shape index (κ3) is 24.1. The summed E-state index contributed by atoms with van der Waals surface area (Å²) in [6.45, 7) is 23.0. The number of anilines is 7. The topological polar surface area (TPSA) is 192 Å². The molecule has 21 heteroatoms.